The highest BCUT2D eigenvalue weighted by molar-refractivity contribution is 7.12. The van der Waals surface area contributed by atoms with Gasteiger partial charge in [-0.2, -0.15) is 0 Å². The SMILES string of the molecule is Cc1ccsc1C(=O)Nc1ccc(Cl)c(-c2nccc3ccccc23)c1. The van der Waals surface area contributed by atoms with Gasteiger partial charge in [0.1, 0.15) is 0 Å². The number of aryl methyl sites for hydroxylation is 1. The third kappa shape index (κ3) is 3.09. The summed E-state index contributed by atoms with van der Waals surface area (Å²) in [6.07, 6.45) is 1.77. The Morgan fingerprint density at radius 1 is 1.12 bits per heavy atom. The van der Waals surface area contributed by atoms with Gasteiger partial charge < -0.3 is 5.32 Å². The quantitative estimate of drug-likeness (QED) is 0.462. The minimum absolute atomic E-state index is 0.114. The van der Waals surface area contributed by atoms with Crippen LogP contribution >= 0.6 is 22.9 Å². The van der Waals surface area contributed by atoms with Crippen molar-refractivity contribution in [3.8, 4) is 11.3 Å². The molecule has 0 spiro atoms. The third-order valence-corrected chi connectivity index (χ3v) is 5.57. The highest BCUT2D eigenvalue weighted by atomic mass is 35.5. The smallest absolute Gasteiger partial charge is 0.265 e. The molecule has 4 aromatic rings. The fraction of sp³-hybridized carbons (Fsp3) is 0.0476. The number of rotatable bonds is 3. The third-order valence-electron chi connectivity index (χ3n) is 4.22. The van der Waals surface area contributed by atoms with Gasteiger partial charge in [0.25, 0.3) is 5.91 Å². The lowest BCUT2D eigenvalue weighted by atomic mass is 10.0. The molecule has 0 fully saturated rings. The Morgan fingerprint density at radius 3 is 2.77 bits per heavy atom. The van der Waals surface area contributed by atoms with Crippen LogP contribution in [0.25, 0.3) is 22.0 Å². The van der Waals surface area contributed by atoms with Gasteiger partial charge in [0.2, 0.25) is 0 Å². The molecule has 0 atom stereocenters. The van der Waals surface area contributed by atoms with E-state index in [-0.39, 0.29) is 5.91 Å². The Hall–Kier alpha value is -2.69. The summed E-state index contributed by atoms with van der Waals surface area (Å²) in [5, 5.41) is 7.58. The van der Waals surface area contributed by atoms with Gasteiger partial charge in [-0.15, -0.1) is 11.3 Å². The number of thiophene rings is 1. The van der Waals surface area contributed by atoms with Gasteiger partial charge in [0, 0.05) is 22.8 Å². The molecule has 2 heterocycles. The summed E-state index contributed by atoms with van der Waals surface area (Å²) < 4.78 is 0. The van der Waals surface area contributed by atoms with Crippen molar-refractivity contribution in [3.63, 3.8) is 0 Å². The van der Waals surface area contributed by atoms with Crippen LogP contribution in [0.15, 0.2) is 66.2 Å². The van der Waals surface area contributed by atoms with E-state index in [0.29, 0.717) is 15.6 Å². The van der Waals surface area contributed by atoms with Crippen LogP contribution in [0, 0.1) is 6.92 Å². The molecule has 0 aliphatic carbocycles. The first-order valence-corrected chi connectivity index (χ1v) is 9.38. The van der Waals surface area contributed by atoms with E-state index in [4.69, 9.17) is 11.6 Å². The molecule has 0 radical (unpaired) electrons. The van der Waals surface area contributed by atoms with E-state index in [1.165, 1.54) is 11.3 Å². The molecule has 1 N–H and O–H groups in total. The van der Waals surface area contributed by atoms with Crippen LogP contribution < -0.4 is 5.32 Å². The number of nitrogens with zero attached hydrogens (tertiary/aromatic N) is 1. The molecule has 128 valence electrons. The fourth-order valence-electron chi connectivity index (χ4n) is 2.91. The molecular formula is C21H15ClN2OS. The molecule has 1 amide bonds. The first-order valence-electron chi connectivity index (χ1n) is 8.12. The number of nitrogens with one attached hydrogen (secondary N) is 1. The zero-order valence-corrected chi connectivity index (χ0v) is 15.6. The van der Waals surface area contributed by atoms with Crippen molar-refractivity contribution in [1.29, 1.82) is 0 Å². The number of hydrogen-bond donors (Lipinski definition) is 1. The van der Waals surface area contributed by atoms with E-state index >= 15 is 0 Å². The molecule has 0 aliphatic rings. The Kier molecular flexibility index (Phi) is 4.45. The van der Waals surface area contributed by atoms with Gasteiger partial charge in [-0.1, -0.05) is 35.9 Å². The first kappa shape index (κ1) is 16.8. The second-order valence-corrected chi connectivity index (χ2v) is 7.29. The van der Waals surface area contributed by atoms with Crippen molar-refractivity contribution in [2.45, 2.75) is 6.92 Å². The molecule has 2 aromatic heterocycles. The minimum Gasteiger partial charge on any atom is -0.321 e. The maximum Gasteiger partial charge on any atom is 0.265 e. The number of hydrogen-bond acceptors (Lipinski definition) is 3. The Balaban J connectivity index is 1.75. The molecule has 0 saturated heterocycles. The van der Waals surface area contributed by atoms with E-state index in [2.05, 4.69) is 10.3 Å². The lowest BCUT2D eigenvalue weighted by molar-refractivity contribution is 0.103. The summed E-state index contributed by atoms with van der Waals surface area (Å²) in [4.78, 5) is 17.7. The maximum absolute atomic E-state index is 12.5. The predicted octanol–water partition coefficient (Wildman–Crippen LogP) is 6.18. The van der Waals surface area contributed by atoms with Gasteiger partial charge in [-0.3, -0.25) is 9.78 Å². The molecule has 26 heavy (non-hydrogen) atoms. The topological polar surface area (TPSA) is 42.0 Å². The molecule has 5 heteroatoms. The van der Waals surface area contributed by atoms with Crippen molar-refractivity contribution in [1.82, 2.24) is 4.98 Å². The average Bonchev–Trinajstić information content (AvgIpc) is 3.09. The van der Waals surface area contributed by atoms with Gasteiger partial charge in [0.05, 0.1) is 15.6 Å². The van der Waals surface area contributed by atoms with Crippen LogP contribution in [0.3, 0.4) is 0 Å². The van der Waals surface area contributed by atoms with Crippen LogP contribution in [0.2, 0.25) is 5.02 Å². The average molecular weight is 379 g/mol. The van der Waals surface area contributed by atoms with Crippen molar-refractivity contribution >= 4 is 45.3 Å². The van der Waals surface area contributed by atoms with Gasteiger partial charge >= 0.3 is 0 Å². The molecule has 4 rings (SSSR count). The van der Waals surface area contributed by atoms with E-state index in [9.17, 15) is 4.79 Å². The van der Waals surface area contributed by atoms with Crippen molar-refractivity contribution in [3.05, 3.63) is 81.6 Å². The summed E-state index contributed by atoms with van der Waals surface area (Å²) >= 11 is 7.87. The van der Waals surface area contributed by atoms with E-state index < -0.39 is 0 Å². The maximum atomic E-state index is 12.5. The Morgan fingerprint density at radius 2 is 1.96 bits per heavy atom. The van der Waals surface area contributed by atoms with Gasteiger partial charge in [-0.05, 0) is 53.6 Å². The molecule has 0 unspecified atom stereocenters. The summed E-state index contributed by atoms with van der Waals surface area (Å²) in [7, 11) is 0. The predicted molar refractivity (Wildman–Crippen MR) is 109 cm³/mol. The highest BCUT2D eigenvalue weighted by Crippen LogP contribution is 2.34. The largest absolute Gasteiger partial charge is 0.321 e. The van der Waals surface area contributed by atoms with Crippen LogP contribution in [0.1, 0.15) is 15.2 Å². The summed E-state index contributed by atoms with van der Waals surface area (Å²) in [6, 6.07) is 17.4. The molecule has 0 saturated carbocycles. The normalized spacial score (nSPS) is 10.8. The molecular weight excluding hydrogens is 364 g/mol. The lowest BCUT2D eigenvalue weighted by Gasteiger charge is -2.11. The fourth-order valence-corrected chi connectivity index (χ4v) is 3.94. The number of benzene rings is 2. The Bertz CT molecular complexity index is 1110. The van der Waals surface area contributed by atoms with E-state index in [1.54, 1.807) is 18.3 Å². The minimum atomic E-state index is -0.114. The van der Waals surface area contributed by atoms with Crippen LogP contribution in [0.5, 0.6) is 0 Å². The first-order chi connectivity index (χ1) is 12.6. The van der Waals surface area contributed by atoms with Crippen molar-refractivity contribution in [2.24, 2.45) is 0 Å². The lowest BCUT2D eigenvalue weighted by Crippen LogP contribution is -2.11. The van der Waals surface area contributed by atoms with Crippen LogP contribution in [0.4, 0.5) is 5.69 Å². The highest BCUT2D eigenvalue weighted by Gasteiger charge is 2.14. The molecule has 0 bridgehead atoms. The zero-order valence-electron chi connectivity index (χ0n) is 14.0. The molecule has 3 nitrogen and oxygen atoms in total. The summed E-state index contributed by atoms with van der Waals surface area (Å²) in [5.74, 6) is -0.114. The summed E-state index contributed by atoms with van der Waals surface area (Å²) in [6.45, 7) is 1.93. The van der Waals surface area contributed by atoms with Crippen molar-refractivity contribution in [2.75, 3.05) is 5.32 Å². The van der Waals surface area contributed by atoms with E-state index in [0.717, 1.165) is 27.6 Å². The summed E-state index contributed by atoms with van der Waals surface area (Å²) in [5.41, 5.74) is 3.26. The standard InChI is InChI=1S/C21H15ClN2OS/c1-13-9-11-26-20(13)21(25)24-15-6-7-18(22)17(12-15)19-16-5-3-2-4-14(16)8-10-23-19/h2-12H,1H3,(H,24,25). The number of anilines is 1. The molecule has 0 aliphatic heterocycles. The van der Waals surface area contributed by atoms with Crippen LogP contribution in [-0.2, 0) is 0 Å². The number of amides is 1. The number of carbonyl (C=O) groups excluding carboxylic acids is 1. The van der Waals surface area contributed by atoms with Gasteiger partial charge in [0.15, 0.2) is 0 Å². The van der Waals surface area contributed by atoms with Crippen molar-refractivity contribution < 1.29 is 4.79 Å². The second-order valence-electron chi connectivity index (χ2n) is 5.96. The van der Waals surface area contributed by atoms with Crippen LogP contribution in [-0.4, -0.2) is 10.9 Å². The number of halogens is 1. The Labute approximate surface area is 160 Å². The number of aromatic nitrogens is 1. The van der Waals surface area contributed by atoms with Gasteiger partial charge in [-0.25, -0.2) is 0 Å². The second kappa shape index (κ2) is 6.90. The zero-order chi connectivity index (χ0) is 18.1. The number of fused-ring (bicyclic) bond motifs is 1. The van der Waals surface area contributed by atoms with E-state index in [1.807, 2.05) is 54.8 Å². The molecule has 2 aromatic carbocycles. The number of carbonyl (C=O) groups is 1. The monoisotopic (exact) mass is 378 g/mol. The number of pyridine rings is 1.